The fourth-order valence-corrected chi connectivity index (χ4v) is 2.55. The third-order valence-corrected chi connectivity index (χ3v) is 4.75. The van der Waals surface area contributed by atoms with Crippen molar-refractivity contribution >= 4 is 5.97 Å². The molecule has 0 spiro atoms. The van der Waals surface area contributed by atoms with Crippen molar-refractivity contribution in [1.82, 2.24) is 0 Å². The van der Waals surface area contributed by atoms with Gasteiger partial charge in [-0.3, -0.25) is 0 Å². The van der Waals surface area contributed by atoms with E-state index in [1.807, 2.05) is 0 Å². The van der Waals surface area contributed by atoms with Crippen LogP contribution in [0.2, 0.25) is 0 Å². The molecular formula is C15H12F20NO2+. The van der Waals surface area contributed by atoms with Crippen LogP contribution in [0.3, 0.4) is 0 Å². The van der Waals surface area contributed by atoms with E-state index in [2.05, 4.69) is 0 Å². The van der Waals surface area contributed by atoms with Crippen LogP contribution >= 0.6 is 0 Å². The average molecular weight is 618 g/mol. The summed E-state index contributed by atoms with van der Waals surface area (Å²) in [6, 6.07) is 0. The summed E-state index contributed by atoms with van der Waals surface area (Å²) in [5.74, 6) is -70.8. The van der Waals surface area contributed by atoms with Gasteiger partial charge in [-0.25, -0.2) is 9.18 Å². The molecule has 1 unspecified atom stereocenters. The molecule has 0 rings (SSSR count). The SMILES string of the molecule is C[N+](C)(CC(=O)O)CC(F)C(F)(F)C(F)(F)C(F)(F)C(F)(F)C(F)(F)C(F)(F)C(F)(F)C(F)(F)C(F)(F)F. The monoisotopic (exact) mass is 618 g/mol. The summed E-state index contributed by atoms with van der Waals surface area (Å²) in [5.41, 5.74) is 0. The van der Waals surface area contributed by atoms with Gasteiger partial charge in [0, 0.05) is 0 Å². The first-order chi connectivity index (χ1) is 16.0. The molecule has 0 amide bonds. The van der Waals surface area contributed by atoms with Crippen molar-refractivity contribution in [3.05, 3.63) is 0 Å². The lowest BCUT2D eigenvalue weighted by Gasteiger charge is -2.44. The quantitative estimate of drug-likeness (QED) is 0.211. The lowest BCUT2D eigenvalue weighted by Crippen LogP contribution is -2.76. The van der Waals surface area contributed by atoms with Gasteiger partial charge >= 0.3 is 59.5 Å². The first-order valence-electron chi connectivity index (χ1n) is 8.81. The molecule has 23 heteroatoms. The van der Waals surface area contributed by atoms with E-state index in [1.54, 1.807) is 0 Å². The Morgan fingerprint density at radius 1 is 0.579 bits per heavy atom. The minimum Gasteiger partial charge on any atom is -0.477 e. The van der Waals surface area contributed by atoms with Crippen molar-refractivity contribution in [1.29, 1.82) is 0 Å². The Balaban J connectivity index is 6.85. The molecule has 0 aliphatic heterocycles. The van der Waals surface area contributed by atoms with Crippen LogP contribution in [0.5, 0.6) is 0 Å². The van der Waals surface area contributed by atoms with Crippen LogP contribution in [-0.2, 0) is 4.79 Å². The summed E-state index contributed by atoms with van der Waals surface area (Å²) in [7, 11) is 0.860. The highest BCUT2D eigenvalue weighted by Crippen LogP contribution is 2.65. The van der Waals surface area contributed by atoms with E-state index in [1.165, 1.54) is 0 Å². The van der Waals surface area contributed by atoms with Gasteiger partial charge in [0.25, 0.3) is 0 Å². The van der Waals surface area contributed by atoms with Crippen molar-refractivity contribution in [2.45, 2.75) is 59.7 Å². The maximum Gasteiger partial charge on any atom is 0.460 e. The lowest BCUT2D eigenvalue weighted by atomic mass is 9.86. The van der Waals surface area contributed by atoms with Crippen molar-refractivity contribution in [2.24, 2.45) is 0 Å². The predicted molar refractivity (Wildman–Crippen MR) is 80.0 cm³/mol. The zero-order valence-corrected chi connectivity index (χ0v) is 17.9. The second-order valence-corrected chi connectivity index (χ2v) is 8.28. The standard InChI is InChI=1S/C15H11F20NO2/c1-36(2,4-6(37)38)3-5(16)7(17,18)8(19,20)9(21,22)10(23,24)11(25,26)12(27,28)13(29,30)14(31,32)15(33,34)35/h5H,3-4H2,1-2H3/p+1. The van der Waals surface area contributed by atoms with Gasteiger partial charge in [-0.05, 0) is 0 Å². The van der Waals surface area contributed by atoms with Gasteiger partial charge in [-0.1, -0.05) is 0 Å². The number of carbonyl (C=O) groups is 1. The number of halogens is 20. The molecule has 0 heterocycles. The molecule has 0 aromatic carbocycles. The predicted octanol–water partition coefficient (Wildman–Crippen LogP) is 6.13. The van der Waals surface area contributed by atoms with Gasteiger partial charge in [-0.15, -0.1) is 0 Å². The Bertz CT molecular complexity index is 876. The van der Waals surface area contributed by atoms with E-state index in [9.17, 15) is 92.6 Å². The molecule has 228 valence electrons. The highest BCUT2D eigenvalue weighted by molar-refractivity contribution is 5.67. The Morgan fingerprint density at radius 2 is 0.842 bits per heavy atom. The van der Waals surface area contributed by atoms with Gasteiger partial charge in [0.05, 0.1) is 14.1 Å². The van der Waals surface area contributed by atoms with Crippen LogP contribution in [0.1, 0.15) is 0 Å². The van der Waals surface area contributed by atoms with Gasteiger partial charge in [0.2, 0.25) is 6.17 Å². The molecule has 0 radical (unpaired) electrons. The molecule has 0 fully saturated rings. The molecule has 38 heavy (non-hydrogen) atoms. The number of hydrogen-bond acceptors (Lipinski definition) is 1. The van der Waals surface area contributed by atoms with Crippen molar-refractivity contribution in [2.75, 3.05) is 27.2 Å². The highest BCUT2D eigenvalue weighted by atomic mass is 19.4. The first-order valence-corrected chi connectivity index (χ1v) is 8.81. The maximum atomic E-state index is 13.9. The molecule has 0 bridgehead atoms. The topological polar surface area (TPSA) is 37.3 Å². The Hall–Kier alpha value is -1.97. The van der Waals surface area contributed by atoms with Crippen LogP contribution < -0.4 is 0 Å². The Morgan fingerprint density at radius 3 is 1.11 bits per heavy atom. The van der Waals surface area contributed by atoms with E-state index < -0.39 is 83.3 Å². The molecule has 0 saturated heterocycles. The molecule has 1 N–H and O–H groups in total. The molecule has 0 aromatic heterocycles. The van der Waals surface area contributed by atoms with Gasteiger partial charge in [0.15, 0.2) is 6.54 Å². The van der Waals surface area contributed by atoms with Crippen LogP contribution in [0, 0.1) is 0 Å². The summed E-state index contributed by atoms with van der Waals surface area (Å²) in [6.07, 6.45) is -12.9. The second-order valence-electron chi connectivity index (χ2n) is 8.28. The number of nitrogens with zero attached hydrogens (tertiary/aromatic N) is 1. The number of likely N-dealkylation sites (N-methyl/N-ethyl adjacent to an activating group) is 1. The summed E-state index contributed by atoms with van der Waals surface area (Å²) >= 11 is 0. The second kappa shape index (κ2) is 9.30. The van der Waals surface area contributed by atoms with Gasteiger partial charge < -0.3 is 9.59 Å². The van der Waals surface area contributed by atoms with Crippen LogP contribution in [-0.4, -0.2) is 102 Å². The number of quaternary nitrogens is 1. The van der Waals surface area contributed by atoms with Crippen LogP contribution in [0.15, 0.2) is 0 Å². The first kappa shape index (κ1) is 36.0. The van der Waals surface area contributed by atoms with Gasteiger partial charge in [-0.2, -0.15) is 83.4 Å². The van der Waals surface area contributed by atoms with Crippen molar-refractivity contribution < 1.29 is 102 Å². The fourth-order valence-electron chi connectivity index (χ4n) is 2.55. The molecule has 0 aromatic rings. The largest absolute Gasteiger partial charge is 0.477 e. The highest BCUT2D eigenvalue weighted by Gasteiger charge is 2.97. The third kappa shape index (κ3) is 5.02. The average Bonchev–Trinajstić information content (AvgIpc) is 2.64. The van der Waals surface area contributed by atoms with E-state index in [-0.39, 0.29) is 0 Å². The molecule has 0 aliphatic rings. The number of alkyl halides is 20. The summed E-state index contributed by atoms with van der Waals surface area (Å²) in [5, 5.41) is 8.47. The number of aliphatic carboxylic acids is 1. The van der Waals surface area contributed by atoms with Crippen LogP contribution in [0.4, 0.5) is 87.8 Å². The van der Waals surface area contributed by atoms with Crippen molar-refractivity contribution in [3.8, 4) is 0 Å². The Labute approximate surface area is 196 Å². The van der Waals surface area contributed by atoms with Crippen molar-refractivity contribution in [3.63, 3.8) is 0 Å². The third-order valence-electron chi connectivity index (χ3n) is 4.75. The summed E-state index contributed by atoms with van der Waals surface area (Å²) in [6.45, 7) is -3.79. The van der Waals surface area contributed by atoms with E-state index in [4.69, 9.17) is 5.11 Å². The summed E-state index contributed by atoms with van der Waals surface area (Å²) in [4.78, 5) is 10.5. The number of hydrogen-bond donors (Lipinski definition) is 1. The molecule has 0 saturated carbocycles. The van der Waals surface area contributed by atoms with Gasteiger partial charge in [0.1, 0.15) is 6.54 Å². The maximum absolute atomic E-state index is 13.9. The molecule has 0 aliphatic carbocycles. The molecular weight excluding hydrogens is 606 g/mol. The molecule has 1 atom stereocenters. The zero-order chi connectivity index (χ0) is 31.6. The minimum atomic E-state index is -9.09. The number of carboxylic acid groups (broad SMARTS) is 1. The van der Waals surface area contributed by atoms with Crippen LogP contribution in [0.25, 0.3) is 0 Å². The minimum absolute atomic E-state index is 0.430. The zero-order valence-electron chi connectivity index (χ0n) is 17.9. The fraction of sp³-hybridized carbons (Fsp3) is 0.933. The lowest BCUT2D eigenvalue weighted by molar-refractivity contribution is -0.886. The van der Waals surface area contributed by atoms with E-state index in [0.29, 0.717) is 14.1 Å². The summed E-state index contributed by atoms with van der Waals surface area (Å²) < 4.78 is 263. The smallest absolute Gasteiger partial charge is 0.460 e. The molecule has 3 nitrogen and oxygen atoms in total. The Kier molecular flexibility index (Phi) is 8.82. The number of rotatable bonds is 12. The normalized spacial score (nSPS) is 17.0. The number of carboxylic acids is 1. The van der Waals surface area contributed by atoms with E-state index in [0.717, 1.165) is 0 Å². The van der Waals surface area contributed by atoms with E-state index >= 15 is 0 Å².